The molecule has 0 radical (unpaired) electrons. The van der Waals surface area contributed by atoms with Gasteiger partial charge >= 0.3 is 6.09 Å². The van der Waals surface area contributed by atoms with Crippen LogP contribution in [0.2, 0.25) is 0 Å². The third-order valence-electron chi connectivity index (χ3n) is 9.89. The SMILES string of the molecule is CC(C)C[C@H](NC(=O)[C@H](Cc1ccccc1)NC(=O)[C@H](Cc1ccccc1)C[C@@H](O)[C@H](Cc1ccccc1)NC(=O)OC(C)(C)C)C(=O)N[C@@H](Cc1ccccc1)C(N)=O. The number of carbonyl (C=O) groups is 5. The first-order valence-electron chi connectivity index (χ1n) is 20.6. The Morgan fingerprint density at radius 1 is 0.550 bits per heavy atom. The summed E-state index contributed by atoms with van der Waals surface area (Å²) in [5.41, 5.74) is 8.20. The van der Waals surface area contributed by atoms with Crippen LogP contribution >= 0.6 is 0 Å². The van der Waals surface area contributed by atoms with Gasteiger partial charge in [0.1, 0.15) is 23.7 Å². The number of hydrogen-bond acceptors (Lipinski definition) is 7. The highest BCUT2D eigenvalue weighted by atomic mass is 16.6. The fraction of sp³-hybridized carbons (Fsp3) is 0.396. The molecule has 4 aromatic carbocycles. The molecule has 7 N–H and O–H groups in total. The number of benzene rings is 4. The Hall–Kier alpha value is -6.01. The van der Waals surface area contributed by atoms with E-state index in [-0.39, 0.29) is 44.4 Å². The van der Waals surface area contributed by atoms with E-state index in [9.17, 15) is 29.1 Å². The van der Waals surface area contributed by atoms with Gasteiger partial charge in [-0.15, -0.1) is 0 Å². The van der Waals surface area contributed by atoms with Gasteiger partial charge in [0.2, 0.25) is 23.6 Å². The summed E-state index contributed by atoms with van der Waals surface area (Å²) in [6.45, 7) is 9.07. The summed E-state index contributed by atoms with van der Waals surface area (Å²) in [7, 11) is 0. The number of primary amides is 1. The van der Waals surface area contributed by atoms with E-state index >= 15 is 0 Å². The summed E-state index contributed by atoms with van der Waals surface area (Å²) >= 11 is 0. The molecule has 5 amide bonds. The molecule has 6 atom stereocenters. The topological polar surface area (TPSA) is 189 Å². The first-order valence-corrected chi connectivity index (χ1v) is 20.6. The summed E-state index contributed by atoms with van der Waals surface area (Å²) in [6, 6.07) is 33.1. The highest BCUT2D eigenvalue weighted by Gasteiger charge is 2.34. The molecular formula is C48H61N5O7. The molecular weight excluding hydrogens is 759 g/mol. The number of carbonyl (C=O) groups excluding carboxylic acids is 5. The summed E-state index contributed by atoms with van der Waals surface area (Å²) < 4.78 is 5.54. The van der Waals surface area contributed by atoms with E-state index in [1.54, 1.807) is 20.8 Å². The molecule has 0 spiro atoms. The van der Waals surface area contributed by atoms with E-state index in [2.05, 4.69) is 21.3 Å². The van der Waals surface area contributed by atoms with Crippen molar-refractivity contribution in [3.63, 3.8) is 0 Å². The highest BCUT2D eigenvalue weighted by molar-refractivity contribution is 5.94. The van der Waals surface area contributed by atoms with Gasteiger partial charge in [-0.1, -0.05) is 135 Å². The van der Waals surface area contributed by atoms with Crippen molar-refractivity contribution in [3.05, 3.63) is 144 Å². The highest BCUT2D eigenvalue weighted by Crippen LogP contribution is 2.21. The lowest BCUT2D eigenvalue weighted by Crippen LogP contribution is -2.58. The van der Waals surface area contributed by atoms with Crippen LogP contribution in [0.25, 0.3) is 0 Å². The predicted octanol–water partition coefficient (Wildman–Crippen LogP) is 5.20. The number of rotatable bonds is 21. The minimum Gasteiger partial charge on any atom is -0.444 e. The van der Waals surface area contributed by atoms with Crippen molar-refractivity contribution < 1.29 is 33.8 Å². The van der Waals surface area contributed by atoms with Gasteiger partial charge in [0.05, 0.1) is 12.1 Å². The molecule has 0 fully saturated rings. The van der Waals surface area contributed by atoms with E-state index in [1.807, 2.05) is 135 Å². The molecule has 0 aliphatic carbocycles. The molecule has 4 aromatic rings. The lowest BCUT2D eigenvalue weighted by Gasteiger charge is -2.30. The Labute approximate surface area is 354 Å². The Morgan fingerprint density at radius 2 is 0.950 bits per heavy atom. The maximum atomic E-state index is 14.5. The number of nitrogens with one attached hydrogen (secondary N) is 4. The molecule has 0 saturated carbocycles. The van der Waals surface area contributed by atoms with E-state index in [0.29, 0.717) is 0 Å². The predicted molar refractivity (Wildman–Crippen MR) is 232 cm³/mol. The van der Waals surface area contributed by atoms with Crippen LogP contribution in [0.5, 0.6) is 0 Å². The lowest BCUT2D eigenvalue weighted by molar-refractivity contribution is -0.134. The second-order valence-electron chi connectivity index (χ2n) is 16.7. The van der Waals surface area contributed by atoms with E-state index in [4.69, 9.17) is 10.5 Å². The van der Waals surface area contributed by atoms with Gasteiger partial charge in [-0.25, -0.2) is 4.79 Å². The number of aliphatic hydroxyl groups excluding tert-OH is 1. The Balaban J connectivity index is 1.61. The standard InChI is InChI=1S/C48H61N5O7/c1-32(2)26-40(45(57)50-39(43(49)55)29-35-22-14-8-15-23-35)52-46(58)41(30-36-24-16-9-17-25-36)51-44(56)37(27-33-18-10-6-11-19-33)31-42(54)38(28-34-20-12-7-13-21-34)53-47(59)60-48(3,4)5/h6-25,32,37-42,54H,26-31H2,1-5H3,(H2,49,55)(H,50,57)(H,51,56)(H,52,58)(H,53,59)/t37-,38+,39+,40+,41+,42-/m1/s1. The molecule has 60 heavy (non-hydrogen) atoms. The Bertz CT molecular complexity index is 1960. The fourth-order valence-corrected chi connectivity index (χ4v) is 6.92. The first-order chi connectivity index (χ1) is 28.6. The van der Waals surface area contributed by atoms with Gasteiger partial charge in [0, 0.05) is 18.8 Å². The van der Waals surface area contributed by atoms with Crippen molar-refractivity contribution in [3.8, 4) is 0 Å². The number of alkyl carbamates (subject to hydrolysis) is 1. The van der Waals surface area contributed by atoms with Gasteiger partial charge in [-0.2, -0.15) is 0 Å². The lowest BCUT2D eigenvalue weighted by atomic mass is 9.88. The maximum absolute atomic E-state index is 14.5. The summed E-state index contributed by atoms with van der Waals surface area (Å²) in [4.78, 5) is 68.2. The summed E-state index contributed by atoms with van der Waals surface area (Å²) in [5, 5.41) is 23.3. The molecule has 12 nitrogen and oxygen atoms in total. The van der Waals surface area contributed by atoms with Crippen LogP contribution in [-0.4, -0.2) is 70.7 Å². The third-order valence-corrected chi connectivity index (χ3v) is 9.89. The molecule has 320 valence electrons. The van der Waals surface area contributed by atoms with Gasteiger partial charge < -0.3 is 36.8 Å². The van der Waals surface area contributed by atoms with Crippen LogP contribution < -0.4 is 27.0 Å². The van der Waals surface area contributed by atoms with Crippen molar-refractivity contribution in [2.75, 3.05) is 0 Å². The van der Waals surface area contributed by atoms with E-state index in [1.165, 1.54) is 0 Å². The van der Waals surface area contributed by atoms with Crippen LogP contribution in [0, 0.1) is 11.8 Å². The summed E-state index contributed by atoms with van der Waals surface area (Å²) in [6.07, 6.45) is -0.961. The average molecular weight is 820 g/mol. The van der Waals surface area contributed by atoms with Crippen molar-refractivity contribution in [1.82, 2.24) is 21.3 Å². The van der Waals surface area contributed by atoms with Crippen molar-refractivity contribution >= 4 is 29.7 Å². The second-order valence-corrected chi connectivity index (χ2v) is 16.7. The molecule has 0 aliphatic rings. The zero-order valence-electron chi connectivity index (χ0n) is 35.3. The molecule has 0 aliphatic heterocycles. The van der Waals surface area contributed by atoms with Crippen molar-refractivity contribution in [1.29, 1.82) is 0 Å². The molecule has 0 aromatic heterocycles. The van der Waals surface area contributed by atoms with Crippen LogP contribution in [0.3, 0.4) is 0 Å². The van der Waals surface area contributed by atoms with Gasteiger partial charge in [-0.05, 0) is 74.6 Å². The first kappa shape index (κ1) is 46.7. The van der Waals surface area contributed by atoms with Crippen molar-refractivity contribution in [2.24, 2.45) is 17.6 Å². The largest absolute Gasteiger partial charge is 0.444 e. The zero-order chi connectivity index (χ0) is 43.7. The fourth-order valence-electron chi connectivity index (χ4n) is 6.92. The van der Waals surface area contributed by atoms with E-state index < -0.39 is 71.5 Å². The minimum absolute atomic E-state index is 0.0285. The number of ether oxygens (including phenoxy) is 1. The molecule has 0 heterocycles. The zero-order valence-corrected chi connectivity index (χ0v) is 35.3. The number of hydrogen-bond donors (Lipinski definition) is 6. The monoisotopic (exact) mass is 819 g/mol. The molecule has 0 unspecified atom stereocenters. The Morgan fingerprint density at radius 3 is 1.40 bits per heavy atom. The average Bonchev–Trinajstić information content (AvgIpc) is 3.20. The number of amides is 5. The Kier molecular flexibility index (Phi) is 17.9. The van der Waals surface area contributed by atoms with Crippen LogP contribution in [-0.2, 0) is 49.6 Å². The maximum Gasteiger partial charge on any atom is 0.407 e. The van der Waals surface area contributed by atoms with E-state index in [0.717, 1.165) is 22.3 Å². The second kappa shape index (κ2) is 23.0. The van der Waals surface area contributed by atoms with Gasteiger partial charge in [0.25, 0.3) is 0 Å². The quantitative estimate of drug-likeness (QED) is 0.0666. The summed E-state index contributed by atoms with van der Waals surface area (Å²) in [5.74, 6) is -3.26. The molecule has 4 rings (SSSR count). The molecule has 0 saturated heterocycles. The van der Waals surface area contributed by atoms with Crippen LogP contribution in [0.1, 0.15) is 69.7 Å². The van der Waals surface area contributed by atoms with Gasteiger partial charge in [0.15, 0.2) is 0 Å². The molecule has 12 heteroatoms. The van der Waals surface area contributed by atoms with Crippen LogP contribution in [0.4, 0.5) is 4.79 Å². The normalized spacial score (nSPS) is 14.4. The molecule has 0 bridgehead atoms. The van der Waals surface area contributed by atoms with Gasteiger partial charge in [-0.3, -0.25) is 19.2 Å². The third kappa shape index (κ3) is 16.3. The minimum atomic E-state index is -1.20. The van der Waals surface area contributed by atoms with Crippen LogP contribution in [0.15, 0.2) is 121 Å². The number of aliphatic hydroxyl groups is 1. The smallest absolute Gasteiger partial charge is 0.407 e. The number of nitrogens with two attached hydrogens (primary N) is 1. The van der Waals surface area contributed by atoms with Crippen molar-refractivity contribution in [2.45, 2.75) is 109 Å².